The molecule has 3 heterocycles. The normalized spacial score (nSPS) is 22.5. The lowest BCUT2D eigenvalue weighted by molar-refractivity contribution is -0.159. The predicted octanol–water partition coefficient (Wildman–Crippen LogP) is 8.57. The van der Waals surface area contributed by atoms with Crippen LogP contribution in [0.2, 0.25) is 0 Å². The number of hydrogen-bond donors (Lipinski definition) is 2. The SMILES string of the molecule is CCC[C@H]1N(C(=O)c2cnccc2C(F)(F)F)CCC[C@@]1(Oc1csc(C(F)(F)F)c1)C(=O)N(CC)CCC(C)(O)c1ccccc1O[C@@H]1CC[C@@H](CC(=O)O)C1. The van der Waals surface area contributed by atoms with E-state index in [1.165, 1.54) is 4.90 Å². The standard InChI is InChI=1S/C40H47F6N3O7S/c1-4-9-32-38(56-27-22-33(57-24-27)40(44,45)46,15-8-18-49(32)35(52)28-23-47-17-14-29(28)39(41,42)43)36(53)48(5-2)19-16-37(3,54)30-10-6-7-11-31(30)55-26-13-12-25(20-26)21-34(50)51/h6-7,10-11,14,17,22-26,32,54H,4-5,8-9,12-13,15-16,18-21H2,1-3H3,(H,50,51)/t25-,26-,32-,37?,38+/m1/s1. The molecular formula is C40H47F6N3O7S. The number of carbonyl (C=O) groups excluding carboxylic acids is 2. The summed E-state index contributed by atoms with van der Waals surface area (Å²) in [5.41, 5.74) is -5.13. The van der Waals surface area contributed by atoms with Crippen LogP contribution in [0.5, 0.6) is 11.5 Å². The number of aromatic nitrogens is 1. The van der Waals surface area contributed by atoms with Crippen molar-refractivity contribution in [3.8, 4) is 11.5 Å². The predicted molar refractivity (Wildman–Crippen MR) is 198 cm³/mol. The van der Waals surface area contributed by atoms with Crippen molar-refractivity contribution >= 4 is 29.1 Å². The van der Waals surface area contributed by atoms with Crippen molar-refractivity contribution in [3.05, 3.63) is 75.7 Å². The van der Waals surface area contributed by atoms with E-state index in [2.05, 4.69) is 4.98 Å². The number of aliphatic hydroxyl groups is 1. The van der Waals surface area contributed by atoms with Crippen molar-refractivity contribution in [1.29, 1.82) is 0 Å². The summed E-state index contributed by atoms with van der Waals surface area (Å²) in [4.78, 5) is 45.7. The Hall–Kier alpha value is -4.38. The lowest BCUT2D eigenvalue weighted by Crippen LogP contribution is -2.68. The molecule has 10 nitrogen and oxygen atoms in total. The topological polar surface area (TPSA) is 130 Å². The number of alkyl halides is 6. The molecule has 1 saturated carbocycles. The van der Waals surface area contributed by atoms with E-state index in [1.807, 2.05) is 0 Å². The average Bonchev–Trinajstić information content (AvgIpc) is 3.81. The third kappa shape index (κ3) is 10.0. The molecule has 1 unspecified atom stereocenters. The number of rotatable bonds is 15. The van der Waals surface area contributed by atoms with Crippen molar-refractivity contribution in [2.24, 2.45) is 5.92 Å². The molecule has 2 N–H and O–H groups in total. The fraction of sp³-hybridized carbons (Fsp3) is 0.550. The molecule has 312 valence electrons. The lowest BCUT2D eigenvalue weighted by atomic mass is 9.79. The molecule has 5 atom stereocenters. The zero-order valence-electron chi connectivity index (χ0n) is 31.9. The van der Waals surface area contributed by atoms with Gasteiger partial charge in [-0.25, -0.2) is 0 Å². The maximum atomic E-state index is 15.0. The smallest absolute Gasteiger partial charge is 0.425 e. The van der Waals surface area contributed by atoms with Crippen LogP contribution in [-0.2, 0) is 27.5 Å². The molecule has 0 bridgehead atoms. The molecular weight excluding hydrogens is 781 g/mol. The number of likely N-dealkylation sites (tertiary alicyclic amines) is 1. The number of piperidine rings is 1. The second-order valence-electron chi connectivity index (χ2n) is 14.9. The van der Waals surface area contributed by atoms with Crippen molar-refractivity contribution in [3.63, 3.8) is 0 Å². The van der Waals surface area contributed by atoms with Crippen LogP contribution in [0.4, 0.5) is 26.3 Å². The molecule has 0 radical (unpaired) electrons. The van der Waals surface area contributed by atoms with Crippen LogP contribution in [0.1, 0.15) is 105 Å². The summed E-state index contributed by atoms with van der Waals surface area (Å²) in [5.74, 6) is -2.54. The van der Waals surface area contributed by atoms with E-state index in [4.69, 9.17) is 9.47 Å². The molecule has 1 saturated heterocycles. The second kappa shape index (κ2) is 17.6. The molecule has 1 aromatic carbocycles. The van der Waals surface area contributed by atoms with Gasteiger partial charge in [-0.05, 0) is 70.4 Å². The highest BCUT2D eigenvalue weighted by atomic mass is 32.1. The third-order valence-electron chi connectivity index (χ3n) is 10.8. The first kappa shape index (κ1) is 43.7. The Bertz CT molecular complexity index is 1890. The van der Waals surface area contributed by atoms with Crippen molar-refractivity contribution in [2.45, 2.75) is 114 Å². The van der Waals surface area contributed by atoms with E-state index in [1.54, 1.807) is 45.0 Å². The first-order valence-electron chi connectivity index (χ1n) is 19.0. The summed E-state index contributed by atoms with van der Waals surface area (Å²) >= 11 is 0.359. The number of thiophene rings is 1. The molecule has 2 fully saturated rings. The Labute approximate surface area is 330 Å². The Kier molecular flexibility index (Phi) is 13.5. The molecule has 3 aromatic rings. The Morgan fingerprint density at radius 2 is 1.79 bits per heavy atom. The lowest BCUT2D eigenvalue weighted by Gasteiger charge is -2.50. The van der Waals surface area contributed by atoms with Gasteiger partial charge < -0.3 is 29.5 Å². The van der Waals surface area contributed by atoms with Gasteiger partial charge in [0.2, 0.25) is 5.60 Å². The van der Waals surface area contributed by atoms with Crippen LogP contribution >= 0.6 is 11.3 Å². The van der Waals surface area contributed by atoms with Gasteiger partial charge in [0.15, 0.2) is 0 Å². The van der Waals surface area contributed by atoms with E-state index < -0.39 is 63.4 Å². The summed E-state index contributed by atoms with van der Waals surface area (Å²) in [6, 6.07) is 7.09. The van der Waals surface area contributed by atoms with Crippen LogP contribution in [0.3, 0.4) is 0 Å². The monoisotopic (exact) mass is 827 g/mol. The minimum absolute atomic E-state index is 0.0320. The number of pyridine rings is 1. The molecule has 17 heteroatoms. The number of hydrogen-bond acceptors (Lipinski definition) is 8. The Balaban J connectivity index is 1.47. The fourth-order valence-electron chi connectivity index (χ4n) is 8.02. The fourth-order valence-corrected chi connectivity index (χ4v) is 8.70. The van der Waals surface area contributed by atoms with E-state index >= 15 is 4.79 Å². The number of likely N-dealkylation sites (N-methyl/N-ethyl adjacent to an activating group) is 1. The van der Waals surface area contributed by atoms with Gasteiger partial charge >= 0.3 is 18.3 Å². The number of halogens is 6. The number of nitrogens with zero attached hydrogens (tertiary/aromatic N) is 3. The summed E-state index contributed by atoms with van der Waals surface area (Å²) in [6.07, 6.45) is -5.91. The maximum absolute atomic E-state index is 15.0. The molecule has 0 spiro atoms. The minimum Gasteiger partial charge on any atom is -0.490 e. The van der Waals surface area contributed by atoms with Gasteiger partial charge in [-0.15, -0.1) is 11.3 Å². The van der Waals surface area contributed by atoms with Crippen molar-refractivity contribution in [1.82, 2.24) is 14.8 Å². The van der Waals surface area contributed by atoms with Gasteiger partial charge in [-0.3, -0.25) is 19.4 Å². The number of para-hydroxylation sites is 1. The highest BCUT2D eigenvalue weighted by molar-refractivity contribution is 7.10. The van der Waals surface area contributed by atoms with E-state index in [0.717, 1.165) is 28.7 Å². The molecule has 1 aliphatic carbocycles. The van der Waals surface area contributed by atoms with Crippen LogP contribution in [0.15, 0.2) is 54.2 Å². The van der Waals surface area contributed by atoms with Crippen molar-refractivity contribution < 1.29 is 60.4 Å². The summed E-state index contributed by atoms with van der Waals surface area (Å²) in [5, 5.41) is 22.2. The highest BCUT2D eigenvalue weighted by Crippen LogP contribution is 2.43. The zero-order valence-corrected chi connectivity index (χ0v) is 32.7. The van der Waals surface area contributed by atoms with Crippen molar-refractivity contribution in [2.75, 3.05) is 19.6 Å². The molecule has 2 amide bonds. The molecule has 2 aromatic heterocycles. The molecule has 2 aliphatic rings. The van der Waals surface area contributed by atoms with Gasteiger partial charge in [-0.1, -0.05) is 31.5 Å². The number of ether oxygens (including phenoxy) is 2. The Morgan fingerprint density at radius 3 is 2.44 bits per heavy atom. The van der Waals surface area contributed by atoms with Crippen LogP contribution in [0.25, 0.3) is 0 Å². The van der Waals surface area contributed by atoms with Gasteiger partial charge in [0.25, 0.3) is 11.8 Å². The van der Waals surface area contributed by atoms with Gasteiger partial charge in [-0.2, -0.15) is 26.3 Å². The highest BCUT2D eigenvalue weighted by Gasteiger charge is 2.56. The average molecular weight is 828 g/mol. The molecule has 1 aliphatic heterocycles. The quantitative estimate of drug-likeness (QED) is 0.146. The number of aliphatic carboxylic acids is 1. The first-order chi connectivity index (χ1) is 26.8. The maximum Gasteiger partial charge on any atom is 0.425 e. The van der Waals surface area contributed by atoms with Gasteiger partial charge in [0.1, 0.15) is 16.4 Å². The largest absolute Gasteiger partial charge is 0.490 e. The first-order valence-corrected chi connectivity index (χ1v) is 19.8. The minimum atomic E-state index is -4.91. The van der Waals surface area contributed by atoms with E-state index in [9.17, 15) is 46.1 Å². The zero-order chi connectivity index (χ0) is 41.8. The Morgan fingerprint density at radius 1 is 1.05 bits per heavy atom. The number of carboxylic acid groups (broad SMARTS) is 1. The van der Waals surface area contributed by atoms with Crippen LogP contribution in [-0.4, -0.2) is 80.2 Å². The van der Waals surface area contributed by atoms with E-state index in [0.29, 0.717) is 54.4 Å². The number of amides is 2. The summed E-state index contributed by atoms with van der Waals surface area (Å²) < 4.78 is 96.2. The van der Waals surface area contributed by atoms with E-state index in [-0.39, 0.29) is 69.5 Å². The summed E-state index contributed by atoms with van der Waals surface area (Å²) in [7, 11) is 0. The molecule has 57 heavy (non-hydrogen) atoms. The number of benzene rings is 1. The molecule has 5 rings (SSSR count). The van der Waals surface area contributed by atoms with Gasteiger partial charge in [0.05, 0.1) is 28.9 Å². The number of carboxylic acids is 1. The van der Waals surface area contributed by atoms with Crippen LogP contribution < -0.4 is 9.47 Å². The number of carbonyl (C=O) groups is 3. The third-order valence-corrected chi connectivity index (χ3v) is 11.8. The second-order valence-corrected chi connectivity index (χ2v) is 15.8. The van der Waals surface area contributed by atoms with Crippen LogP contribution in [0, 0.1) is 5.92 Å². The van der Waals surface area contributed by atoms with Gasteiger partial charge in [0, 0.05) is 61.9 Å². The summed E-state index contributed by atoms with van der Waals surface area (Å²) in [6.45, 7) is 4.88.